The van der Waals surface area contributed by atoms with Gasteiger partial charge in [0, 0.05) is 17.1 Å². The molecule has 1 aliphatic carbocycles. The largest absolute Gasteiger partial charge is 0.433 e. The number of pyridine rings is 1. The van der Waals surface area contributed by atoms with Gasteiger partial charge < -0.3 is 10.6 Å². The van der Waals surface area contributed by atoms with Crippen LogP contribution in [0.15, 0.2) is 48.5 Å². The molecule has 4 nitrogen and oxygen atoms in total. The zero-order valence-electron chi connectivity index (χ0n) is 17.1. The number of hydrogen-bond acceptors (Lipinski definition) is 3. The van der Waals surface area contributed by atoms with E-state index in [0.717, 1.165) is 12.1 Å². The average molecular weight is 528 g/mol. The molecule has 0 saturated heterocycles. The smallest absolute Gasteiger partial charge is 0.370 e. The standard InChI is InChI=1S/C23H19BrF5N3O/c24-22(32-18-12-19(23(27,28)29)31-17-7-2-1-4-14(17)18)10-8-13(9-11-22)30-21(33)15-5-3-6-16(25)20(15)26/h1-7,12-13H,8-11H2,(H,30,33)(H,31,32). The third-order valence-electron chi connectivity index (χ3n) is 5.67. The molecule has 1 heterocycles. The van der Waals surface area contributed by atoms with Gasteiger partial charge in [0.1, 0.15) is 5.69 Å². The molecule has 0 unspecified atom stereocenters. The Balaban J connectivity index is 1.48. The fourth-order valence-electron chi connectivity index (χ4n) is 3.95. The lowest BCUT2D eigenvalue weighted by atomic mass is 9.90. The van der Waals surface area contributed by atoms with Crippen molar-refractivity contribution in [2.75, 3.05) is 5.32 Å². The van der Waals surface area contributed by atoms with Crippen molar-refractivity contribution >= 4 is 38.4 Å². The highest BCUT2D eigenvalue weighted by Gasteiger charge is 2.37. The fraction of sp³-hybridized carbons (Fsp3) is 0.304. The number of anilines is 1. The number of amides is 1. The number of carbonyl (C=O) groups excluding carboxylic acids is 1. The molecule has 3 aromatic rings. The number of para-hydroxylation sites is 1. The van der Waals surface area contributed by atoms with Crippen molar-refractivity contribution in [3.05, 3.63) is 71.4 Å². The number of nitrogens with one attached hydrogen (secondary N) is 2. The predicted octanol–water partition coefficient (Wildman–Crippen LogP) is 6.41. The summed E-state index contributed by atoms with van der Waals surface area (Å²) < 4.78 is 66.6. The maximum atomic E-state index is 13.9. The van der Waals surface area contributed by atoms with Crippen LogP contribution in [0.5, 0.6) is 0 Å². The van der Waals surface area contributed by atoms with E-state index < -0.39 is 33.9 Å². The zero-order valence-corrected chi connectivity index (χ0v) is 18.7. The minimum absolute atomic E-state index is 0.226. The molecule has 0 aliphatic heterocycles. The van der Waals surface area contributed by atoms with Gasteiger partial charge in [0.15, 0.2) is 11.6 Å². The molecule has 1 amide bonds. The first-order chi connectivity index (χ1) is 15.6. The average Bonchev–Trinajstić information content (AvgIpc) is 2.76. The molecule has 33 heavy (non-hydrogen) atoms. The van der Waals surface area contributed by atoms with E-state index in [1.165, 1.54) is 18.2 Å². The number of halogens is 6. The van der Waals surface area contributed by atoms with Gasteiger partial charge in [-0.1, -0.05) is 40.2 Å². The summed E-state index contributed by atoms with van der Waals surface area (Å²) in [5, 5.41) is 6.46. The SMILES string of the molecule is O=C(NC1CCC(Br)(Nc2cc(C(F)(F)F)nc3ccccc23)CC1)c1cccc(F)c1F. The quantitative estimate of drug-likeness (QED) is 0.234. The van der Waals surface area contributed by atoms with Crippen LogP contribution in [0.3, 0.4) is 0 Å². The molecule has 0 spiro atoms. The molecule has 1 aliphatic rings. The van der Waals surface area contributed by atoms with Crippen molar-refractivity contribution in [2.24, 2.45) is 0 Å². The number of carbonyl (C=O) groups is 1. The van der Waals surface area contributed by atoms with Crippen molar-refractivity contribution in [2.45, 2.75) is 42.3 Å². The number of benzene rings is 2. The molecule has 10 heteroatoms. The third-order valence-corrected chi connectivity index (χ3v) is 6.67. The maximum absolute atomic E-state index is 13.9. The van der Waals surface area contributed by atoms with Crippen LogP contribution in [0.25, 0.3) is 10.9 Å². The van der Waals surface area contributed by atoms with E-state index in [0.29, 0.717) is 36.8 Å². The van der Waals surface area contributed by atoms with E-state index in [4.69, 9.17) is 0 Å². The second-order valence-electron chi connectivity index (χ2n) is 8.01. The summed E-state index contributed by atoms with van der Waals surface area (Å²) in [4.78, 5) is 16.1. The van der Waals surface area contributed by atoms with Crippen molar-refractivity contribution in [3.8, 4) is 0 Å². The van der Waals surface area contributed by atoms with Crippen LogP contribution in [0, 0.1) is 11.6 Å². The highest BCUT2D eigenvalue weighted by Crippen LogP contribution is 2.40. The Labute approximate surface area is 194 Å². The van der Waals surface area contributed by atoms with E-state index in [-0.39, 0.29) is 17.1 Å². The minimum atomic E-state index is -4.59. The second kappa shape index (κ2) is 8.89. The Morgan fingerprint density at radius 3 is 2.45 bits per heavy atom. The first-order valence-corrected chi connectivity index (χ1v) is 11.0. The van der Waals surface area contributed by atoms with Crippen LogP contribution in [-0.4, -0.2) is 21.4 Å². The summed E-state index contributed by atoms with van der Waals surface area (Å²) in [7, 11) is 0. The number of fused-ring (bicyclic) bond motifs is 1. The molecule has 0 atom stereocenters. The van der Waals surface area contributed by atoms with E-state index in [1.54, 1.807) is 18.2 Å². The van der Waals surface area contributed by atoms with Crippen molar-refractivity contribution in [1.29, 1.82) is 0 Å². The van der Waals surface area contributed by atoms with Crippen molar-refractivity contribution < 1.29 is 26.7 Å². The number of rotatable bonds is 4. The molecule has 0 radical (unpaired) electrons. The van der Waals surface area contributed by atoms with Gasteiger partial charge in [-0.05, 0) is 49.9 Å². The number of aromatic nitrogens is 1. The summed E-state index contributed by atoms with van der Waals surface area (Å²) >= 11 is 3.62. The van der Waals surface area contributed by atoms with Gasteiger partial charge in [-0.3, -0.25) is 4.79 Å². The van der Waals surface area contributed by atoms with Gasteiger partial charge in [-0.15, -0.1) is 0 Å². The van der Waals surface area contributed by atoms with Crippen LogP contribution < -0.4 is 10.6 Å². The third kappa shape index (κ3) is 5.10. The monoisotopic (exact) mass is 527 g/mol. The molecule has 1 fully saturated rings. The Bertz CT molecular complexity index is 1190. The van der Waals surface area contributed by atoms with Gasteiger partial charge in [0.25, 0.3) is 5.91 Å². The van der Waals surface area contributed by atoms with Crippen LogP contribution in [0.1, 0.15) is 41.7 Å². The maximum Gasteiger partial charge on any atom is 0.433 e. The van der Waals surface area contributed by atoms with Crippen LogP contribution in [0.4, 0.5) is 27.6 Å². The van der Waals surface area contributed by atoms with Crippen molar-refractivity contribution in [1.82, 2.24) is 10.3 Å². The lowest BCUT2D eigenvalue weighted by molar-refractivity contribution is -0.140. The Morgan fingerprint density at radius 2 is 1.76 bits per heavy atom. The highest BCUT2D eigenvalue weighted by atomic mass is 79.9. The molecule has 1 aromatic heterocycles. The molecule has 2 aromatic carbocycles. The molecule has 4 rings (SSSR count). The van der Waals surface area contributed by atoms with E-state index in [1.807, 2.05) is 0 Å². The number of hydrogen-bond donors (Lipinski definition) is 2. The fourth-order valence-corrected chi connectivity index (χ4v) is 4.62. The normalized spacial score (nSPS) is 21.1. The minimum Gasteiger partial charge on any atom is -0.370 e. The Morgan fingerprint density at radius 1 is 1.06 bits per heavy atom. The lowest BCUT2D eigenvalue weighted by Crippen LogP contribution is -2.44. The molecular weight excluding hydrogens is 509 g/mol. The molecular formula is C23H19BrF5N3O. The first kappa shape index (κ1) is 23.4. The molecule has 0 bridgehead atoms. The summed E-state index contributed by atoms with van der Waals surface area (Å²) in [6.45, 7) is 0. The molecule has 174 valence electrons. The first-order valence-electron chi connectivity index (χ1n) is 10.2. The predicted molar refractivity (Wildman–Crippen MR) is 118 cm³/mol. The van der Waals surface area contributed by atoms with E-state index in [2.05, 4.69) is 31.5 Å². The van der Waals surface area contributed by atoms with Gasteiger partial charge in [0.05, 0.1) is 15.5 Å². The summed E-state index contributed by atoms with van der Waals surface area (Å²) in [5.41, 5.74) is -0.831. The lowest BCUT2D eigenvalue weighted by Gasteiger charge is -2.37. The zero-order chi connectivity index (χ0) is 23.8. The topological polar surface area (TPSA) is 54.0 Å². The summed E-state index contributed by atoms with van der Waals surface area (Å²) in [6.07, 6.45) is -2.68. The van der Waals surface area contributed by atoms with Crippen LogP contribution in [-0.2, 0) is 6.18 Å². The van der Waals surface area contributed by atoms with Gasteiger partial charge in [0.2, 0.25) is 0 Å². The number of nitrogens with zero attached hydrogens (tertiary/aromatic N) is 1. The van der Waals surface area contributed by atoms with Crippen LogP contribution >= 0.6 is 15.9 Å². The van der Waals surface area contributed by atoms with Gasteiger partial charge in [-0.25, -0.2) is 13.8 Å². The van der Waals surface area contributed by atoms with Crippen LogP contribution in [0.2, 0.25) is 0 Å². The Hall–Kier alpha value is -2.75. The second-order valence-corrected chi connectivity index (χ2v) is 9.53. The molecule has 1 saturated carbocycles. The van der Waals surface area contributed by atoms with Crippen molar-refractivity contribution in [3.63, 3.8) is 0 Å². The van der Waals surface area contributed by atoms with E-state index >= 15 is 0 Å². The van der Waals surface area contributed by atoms with E-state index in [9.17, 15) is 26.7 Å². The summed E-state index contributed by atoms with van der Waals surface area (Å²) in [6, 6.07) is 10.7. The Kier molecular flexibility index (Phi) is 6.30. The number of alkyl halides is 4. The molecule has 2 N–H and O–H groups in total. The summed E-state index contributed by atoms with van der Waals surface area (Å²) in [5.74, 6) is -3.01. The highest BCUT2D eigenvalue weighted by molar-refractivity contribution is 9.10. The van der Waals surface area contributed by atoms with Gasteiger partial charge >= 0.3 is 6.18 Å². The van der Waals surface area contributed by atoms with Gasteiger partial charge in [-0.2, -0.15) is 13.2 Å².